The molecule has 0 spiro atoms. The largest absolute Gasteiger partial charge is 0.381 e. The van der Waals surface area contributed by atoms with E-state index in [-0.39, 0.29) is 5.91 Å². The van der Waals surface area contributed by atoms with E-state index < -0.39 is 0 Å². The minimum atomic E-state index is 0.203. The number of piperidine rings is 1. The Morgan fingerprint density at radius 2 is 1.89 bits per heavy atom. The zero-order valence-electron chi connectivity index (χ0n) is 15.5. The van der Waals surface area contributed by atoms with Crippen LogP contribution in [0.15, 0.2) is 34.8 Å². The maximum atomic E-state index is 12.3. The third-order valence-electron chi connectivity index (χ3n) is 5.64. The van der Waals surface area contributed by atoms with Gasteiger partial charge in [-0.15, -0.1) is 0 Å². The molecule has 0 unspecified atom stereocenters. The molecule has 4 rings (SSSR count). The molecule has 0 bridgehead atoms. The number of fused-ring (bicyclic) bond motifs is 1. The first-order chi connectivity index (χ1) is 13.2. The molecule has 6 heteroatoms. The minimum Gasteiger partial charge on any atom is -0.381 e. The summed E-state index contributed by atoms with van der Waals surface area (Å²) in [6.07, 6.45) is 4.60. The molecule has 2 aliphatic heterocycles. The van der Waals surface area contributed by atoms with Crippen molar-refractivity contribution in [1.29, 1.82) is 0 Å². The predicted molar refractivity (Wildman–Crippen MR) is 111 cm³/mol. The summed E-state index contributed by atoms with van der Waals surface area (Å²) in [6.45, 7) is 3.45. The monoisotopic (exact) mass is 431 g/mol. The third-order valence-corrected chi connectivity index (χ3v) is 6.13. The number of carbonyl (C=O) groups is 1. The van der Waals surface area contributed by atoms with E-state index in [2.05, 4.69) is 50.4 Å². The minimum absolute atomic E-state index is 0.203. The van der Waals surface area contributed by atoms with Gasteiger partial charge in [-0.25, -0.2) is 4.98 Å². The highest BCUT2D eigenvalue weighted by Crippen LogP contribution is 2.27. The van der Waals surface area contributed by atoms with Gasteiger partial charge in [0.15, 0.2) is 0 Å². The van der Waals surface area contributed by atoms with Crippen LogP contribution in [0.3, 0.4) is 0 Å². The fourth-order valence-electron chi connectivity index (χ4n) is 4.01. The first kappa shape index (κ1) is 18.7. The van der Waals surface area contributed by atoms with E-state index in [0.717, 1.165) is 73.2 Å². The van der Waals surface area contributed by atoms with Gasteiger partial charge in [0.05, 0.1) is 5.52 Å². The number of amides is 1. The van der Waals surface area contributed by atoms with Crippen molar-refractivity contribution in [2.75, 3.05) is 31.2 Å². The summed E-state index contributed by atoms with van der Waals surface area (Å²) in [5, 5.41) is 4.34. The summed E-state index contributed by atoms with van der Waals surface area (Å²) in [6, 6.07) is 10.7. The summed E-state index contributed by atoms with van der Waals surface area (Å²) < 4.78 is 6.40. The van der Waals surface area contributed by atoms with Crippen molar-refractivity contribution in [3.8, 4) is 0 Å². The van der Waals surface area contributed by atoms with Crippen LogP contribution in [-0.4, -0.2) is 43.2 Å². The van der Waals surface area contributed by atoms with Crippen molar-refractivity contribution in [3.63, 3.8) is 0 Å². The highest BCUT2D eigenvalue weighted by atomic mass is 79.9. The summed E-state index contributed by atoms with van der Waals surface area (Å²) >= 11 is 3.52. The number of halogens is 1. The number of hydrogen-bond acceptors (Lipinski definition) is 4. The number of ether oxygens (including phenoxy) is 1. The van der Waals surface area contributed by atoms with E-state index in [0.29, 0.717) is 18.4 Å². The Morgan fingerprint density at radius 3 is 2.67 bits per heavy atom. The summed E-state index contributed by atoms with van der Waals surface area (Å²) in [5.74, 6) is 1.70. The van der Waals surface area contributed by atoms with Gasteiger partial charge in [-0.1, -0.05) is 22.0 Å². The lowest BCUT2D eigenvalue weighted by molar-refractivity contribution is -0.123. The Kier molecular flexibility index (Phi) is 5.93. The number of hydrogen-bond donors (Lipinski definition) is 1. The van der Waals surface area contributed by atoms with Crippen LogP contribution in [0.2, 0.25) is 0 Å². The molecule has 2 fully saturated rings. The molecule has 3 heterocycles. The van der Waals surface area contributed by atoms with Crippen molar-refractivity contribution in [2.45, 2.75) is 38.1 Å². The molecule has 2 aromatic rings. The normalized spacial score (nSPS) is 19.4. The maximum Gasteiger partial charge on any atom is 0.220 e. The van der Waals surface area contributed by atoms with E-state index in [1.165, 1.54) is 0 Å². The van der Waals surface area contributed by atoms with Crippen LogP contribution < -0.4 is 10.2 Å². The lowest BCUT2D eigenvalue weighted by Crippen LogP contribution is -2.41. The van der Waals surface area contributed by atoms with E-state index in [1.807, 2.05) is 6.07 Å². The Balaban J connectivity index is 1.30. The molecule has 0 atom stereocenters. The van der Waals surface area contributed by atoms with Crippen LogP contribution in [0.5, 0.6) is 0 Å². The number of nitrogens with one attached hydrogen (secondary N) is 1. The number of anilines is 1. The summed E-state index contributed by atoms with van der Waals surface area (Å²) in [4.78, 5) is 19.5. The Labute approximate surface area is 168 Å². The topological polar surface area (TPSA) is 54.5 Å². The quantitative estimate of drug-likeness (QED) is 0.797. The Bertz CT molecular complexity index is 799. The fraction of sp³-hybridized carbons (Fsp3) is 0.524. The van der Waals surface area contributed by atoms with Crippen molar-refractivity contribution in [2.24, 2.45) is 5.92 Å². The molecular formula is C21H26BrN3O2. The number of nitrogens with zero attached hydrogens (tertiary/aromatic N) is 2. The molecule has 1 aromatic heterocycles. The van der Waals surface area contributed by atoms with Gasteiger partial charge in [-0.05, 0) is 55.9 Å². The zero-order valence-corrected chi connectivity index (χ0v) is 17.1. The number of rotatable bonds is 4. The first-order valence-corrected chi connectivity index (χ1v) is 10.6. The van der Waals surface area contributed by atoms with Crippen LogP contribution in [0, 0.1) is 5.92 Å². The van der Waals surface area contributed by atoms with E-state index in [4.69, 9.17) is 9.72 Å². The lowest BCUT2D eigenvalue weighted by atomic mass is 9.93. The molecule has 2 aliphatic rings. The third kappa shape index (κ3) is 4.79. The van der Waals surface area contributed by atoms with Gasteiger partial charge in [-0.3, -0.25) is 4.79 Å². The molecule has 0 saturated carbocycles. The van der Waals surface area contributed by atoms with Crippen molar-refractivity contribution >= 4 is 38.6 Å². The highest BCUT2D eigenvalue weighted by molar-refractivity contribution is 9.10. The predicted octanol–water partition coefficient (Wildman–Crippen LogP) is 3.90. The second kappa shape index (κ2) is 8.57. The standard InChI is InChI=1S/C21H26BrN3O2/c22-17-3-1-16-2-4-20(24-19(16)14-17)25-9-5-15(6-10-25)13-21(26)23-18-7-11-27-12-8-18/h1-4,14-15,18H,5-13H2,(H,23,26). The molecule has 0 aliphatic carbocycles. The van der Waals surface area contributed by atoms with Crippen molar-refractivity contribution in [3.05, 3.63) is 34.8 Å². The molecule has 2 saturated heterocycles. The van der Waals surface area contributed by atoms with Crippen LogP contribution in [0.25, 0.3) is 10.9 Å². The molecule has 1 N–H and O–H groups in total. The zero-order chi connectivity index (χ0) is 18.6. The molecule has 5 nitrogen and oxygen atoms in total. The van der Waals surface area contributed by atoms with Gasteiger partial charge < -0.3 is 15.0 Å². The van der Waals surface area contributed by atoms with Gasteiger partial charge in [-0.2, -0.15) is 0 Å². The van der Waals surface area contributed by atoms with Gasteiger partial charge >= 0.3 is 0 Å². The average Bonchev–Trinajstić information content (AvgIpc) is 2.68. The van der Waals surface area contributed by atoms with Crippen molar-refractivity contribution < 1.29 is 9.53 Å². The molecule has 1 aromatic carbocycles. The van der Waals surface area contributed by atoms with Crippen LogP contribution in [0.4, 0.5) is 5.82 Å². The average molecular weight is 432 g/mol. The maximum absolute atomic E-state index is 12.3. The van der Waals surface area contributed by atoms with E-state index in [9.17, 15) is 4.79 Å². The van der Waals surface area contributed by atoms with Gasteiger partial charge in [0.2, 0.25) is 5.91 Å². The molecular weight excluding hydrogens is 406 g/mol. The van der Waals surface area contributed by atoms with Crippen LogP contribution in [0.1, 0.15) is 32.1 Å². The van der Waals surface area contributed by atoms with E-state index >= 15 is 0 Å². The number of carbonyl (C=O) groups excluding carboxylic acids is 1. The van der Waals surface area contributed by atoms with Crippen molar-refractivity contribution in [1.82, 2.24) is 10.3 Å². The second-order valence-corrected chi connectivity index (χ2v) is 8.51. The summed E-state index contributed by atoms with van der Waals surface area (Å²) in [5.41, 5.74) is 1.01. The smallest absolute Gasteiger partial charge is 0.220 e. The Morgan fingerprint density at radius 1 is 1.15 bits per heavy atom. The van der Waals surface area contributed by atoms with Gasteiger partial charge in [0.25, 0.3) is 0 Å². The first-order valence-electron chi connectivity index (χ1n) is 9.86. The summed E-state index contributed by atoms with van der Waals surface area (Å²) in [7, 11) is 0. The van der Waals surface area contributed by atoms with Gasteiger partial charge in [0.1, 0.15) is 5.82 Å². The molecule has 144 valence electrons. The van der Waals surface area contributed by atoms with Crippen LogP contribution in [-0.2, 0) is 9.53 Å². The Hall–Kier alpha value is -1.66. The number of pyridine rings is 1. The molecule has 0 radical (unpaired) electrons. The second-order valence-electron chi connectivity index (χ2n) is 7.60. The molecule has 27 heavy (non-hydrogen) atoms. The lowest BCUT2D eigenvalue weighted by Gasteiger charge is -2.33. The fourth-order valence-corrected chi connectivity index (χ4v) is 4.36. The van der Waals surface area contributed by atoms with E-state index in [1.54, 1.807) is 0 Å². The van der Waals surface area contributed by atoms with Crippen LogP contribution >= 0.6 is 15.9 Å². The highest BCUT2D eigenvalue weighted by Gasteiger charge is 2.24. The number of benzene rings is 1. The number of aromatic nitrogens is 1. The molecule has 1 amide bonds. The SMILES string of the molecule is O=C(CC1CCN(c2ccc3ccc(Br)cc3n2)CC1)NC1CCOCC1. The van der Waals surface area contributed by atoms with Gasteiger partial charge in [0, 0.05) is 48.6 Å².